The molecule has 0 saturated heterocycles. The molecule has 0 aliphatic heterocycles. The normalized spacial score (nSPS) is 15.9. The Morgan fingerprint density at radius 2 is 2.18 bits per heavy atom. The number of hydrogen-bond donors (Lipinski definition) is 2. The van der Waals surface area contributed by atoms with Gasteiger partial charge in [0.05, 0.1) is 18.6 Å². The number of aliphatic hydroxyl groups excluding tert-OH is 1. The number of aliphatic carboxylic acids is 1. The summed E-state index contributed by atoms with van der Waals surface area (Å²) in [6.07, 6.45) is -0.911. The van der Waals surface area contributed by atoms with Crippen LogP contribution in [0.4, 0.5) is 0 Å². The van der Waals surface area contributed by atoms with Crippen molar-refractivity contribution < 1.29 is 19.7 Å². The highest BCUT2D eigenvalue weighted by molar-refractivity contribution is 5.67. The van der Waals surface area contributed by atoms with Gasteiger partial charge in [0.15, 0.2) is 0 Å². The first kappa shape index (κ1) is 10.4. The molecule has 11 heavy (non-hydrogen) atoms. The van der Waals surface area contributed by atoms with E-state index in [9.17, 15) is 9.90 Å². The molecule has 4 nitrogen and oxygen atoms in total. The third-order valence-corrected chi connectivity index (χ3v) is 1.53. The molecule has 0 radical (unpaired) electrons. The summed E-state index contributed by atoms with van der Waals surface area (Å²) in [5.41, 5.74) is 0. The average molecular weight is 162 g/mol. The summed E-state index contributed by atoms with van der Waals surface area (Å²) in [6, 6.07) is 0. The maximum atomic E-state index is 10.2. The molecule has 0 saturated carbocycles. The van der Waals surface area contributed by atoms with E-state index in [2.05, 4.69) is 0 Å². The van der Waals surface area contributed by atoms with Gasteiger partial charge in [-0.2, -0.15) is 0 Å². The summed E-state index contributed by atoms with van der Waals surface area (Å²) in [4.78, 5) is 10.2. The van der Waals surface area contributed by atoms with Crippen LogP contribution >= 0.6 is 0 Å². The summed E-state index contributed by atoms with van der Waals surface area (Å²) in [5, 5.41) is 17.5. The van der Waals surface area contributed by atoms with Gasteiger partial charge < -0.3 is 14.9 Å². The van der Waals surface area contributed by atoms with Gasteiger partial charge in [0.2, 0.25) is 0 Å². The minimum Gasteiger partial charge on any atom is -0.481 e. The molecule has 0 aromatic heterocycles. The fourth-order valence-electron chi connectivity index (χ4n) is 0.811. The molecule has 2 atom stereocenters. The van der Waals surface area contributed by atoms with Gasteiger partial charge in [-0.3, -0.25) is 4.79 Å². The van der Waals surface area contributed by atoms with Gasteiger partial charge in [0, 0.05) is 7.11 Å². The van der Waals surface area contributed by atoms with Crippen molar-refractivity contribution in [3.8, 4) is 0 Å². The number of aliphatic hydroxyl groups is 1. The quantitative estimate of drug-likeness (QED) is 0.608. The molecule has 0 fully saturated rings. The van der Waals surface area contributed by atoms with E-state index >= 15 is 0 Å². The summed E-state index contributed by atoms with van der Waals surface area (Å²) in [5.74, 6) is -0.954. The van der Waals surface area contributed by atoms with Crippen LogP contribution in [0.25, 0.3) is 0 Å². The highest BCUT2D eigenvalue weighted by Crippen LogP contribution is 2.06. The predicted molar refractivity (Wildman–Crippen MR) is 39.3 cm³/mol. The van der Waals surface area contributed by atoms with E-state index in [1.165, 1.54) is 7.11 Å². The molecular formula is C7H14O4. The molecule has 2 unspecified atom stereocenters. The maximum absolute atomic E-state index is 10.2. The smallest absolute Gasteiger partial charge is 0.306 e. The van der Waals surface area contributed by atoms with Crippen molar-refractivity contribution in [2.24, 2.45) is 0 Å². The molecule has 0 rings (SSSR count). The summed E-state index contributed by atoms with van der Waals surface area (Å²) in [6.45, 7) is 1.78. The number of carbonyl (C=O) groups is 1. The zero-order valence-corrected chi connectivity index (χ0v) is 6.78. The van der Waals surface area contributed by atoms with Gasteiger partial charge in [-0.15, -0.1) is 0 Å². The van der Waals surface area contributed by atoms with E-state index in [0.717, 1.165) is 0 Å². The number of rotatable bonds is 5. The Labute approximate surface area is 65.8 Å². The molecule has 0 aliphatic rings. The predicted octanol–water partition coefficient (Wildman–Crippen LogP) is 0.247. The SMILES string of the molecule is CCC(O)C(CC(=O)O)OC. The van der Waals surface area contributed by atoms with Gasteiger partial charge in [0.1, 0.15) is 0 Å². The second-order valence-corrected chi connectivity index (χ2v) is 2.35. The first-order valence-electron chi connectivity index (χ1n) is 3.54. The molecule has 66 valence electrons. The van der Waals surface area contributed by atoms with Crippen molar-refractivity contribution in [2.45, 2.75) is 32.0 Å². The van der Waals surface area contributed by atoms with E-state index < -0.39 is 18.2 Å². The van der Waals surface area contributed by atoms with Gasteiger partial charge in [0.25, 0.3) is 0 Å². The number of methoxy groups -OCH3 is 1. The Kier molecular flexibility index (Phi) is 4.81. The van der Waals surface area contributed by atoms with Crippen molar-refractivity contribution in [1.29, 1.82) is 0 Å². The number of hydrogen-bond acceptors (Lipinski definition) is 3. The maximum Gasteiger partial charge on any atom is 0.306 e. The van der Waals surface area contributed by atoms with Gasteiger partial charge in [-0.1, -0.05) is 6.92 Å². The second-order valence-electron chi connectivity index (χ2n) is 2.35. The topological polar surface area (TPSA) is 66.8 Å². The average Bonchev–Trinajstić information content (AvgIpc) is 1.98. The zero-order valence-electron chi connectivity index (χ0n) is 6.78. The highest BCUT2D eigenvalue weighted by atomic mass is 16.5. The lowest BCUT2D eigenvalue weighted by Gasteiger charge is -2.17. The van der Waals surface area contributed by atoms with Crippen LogP contribution in [0.5, 0.6) is 0 Å². The number of carboxylic acid groups (broad SMARTS) is 1. The lowest BCUT2D eigenvalue weighted by Crippen LogP contribution is -2.29. The largest absolute Gasteiger partial charge is 0.481 e. The first-order chi connectivity index (χ1) is 5.11. The monoisotopic (exact) mass is 162 g/mol. The molecule has 4 heteroatoms. The number of ether oxygens (including phenoxy) is 1. The molecule has 0 bridgehead atoms. The van der Waals surface area contributed by atoms with Crippen molar-refractivity contribution in [3.05, 3.63) is 0 Å². The minimum absolute atomic E-state index is 0.147. The minimum atomic E-state index is -0.954. The number of carboxylic acids is 1. The van der Waals surface area contributed by atoms with Crippen LogP contribution in [-0.4, -0.2) is 35.5 Å². The van der Waals surface area contributed by atoms with Gasteiger partial charge in [-0.05, 0) is 6.42 Å². The highest BCUT2D eigenvalue weighted by Gasteiger charge is 2.19. The fraction of sp³-hybridized carbons (Fsp3) is 0.857. The van der Waals surface area contributed by atoms with E-state index in [1.807, 2.05) is 0 Å². The van der Waals surface area contributed by atoms with E-state index in [4.69, 9.17) is 9.84 Å². The third-order valence-electron chi connectivity index (χ3n) is 1.53. The van der Waals surface area contributed by atoms with Crippen molar-refractivity contribution in [1.82, 2.24) is 0 Å². The van der Waals surface area contributed by atoms with Crippen LogP contribution in [0, 0.1) is 0 Å². The molecular weight excluding hydrogens is 148 g/mol. The van der Waals surface area contributed by atoms with Crippen LogP contribution in [0.2, 0.25) is 0 Å². The lowest BCUT2D eigenvalue weighted by atomic mass is 10.1. The van der Waals surface area contributed by atoms with E-state index in [-0.39, 0.29) is 6.42 Å². The molecule has 0 aromatic carbocycles. The Hall–Kier alpha value is -0.610. The summed E-state index contributed by atoms with van der Waals surface area (Å²) in [7, 11) is 1.40. The standard InChI is InChI=1S/C7H14O4/c1-3-5(8)6(11-2)4-7(9)10/h5-6,8H,3-4H2,1-2H3,(H,9,10). The van der Waals surface area contributed by atoms with Gasteiger partial charge in [-0.25, -0.2) is 0 Å². The molecule has 0 amide bonds. The summed E-state index contributed by atoms with van der Waals surface area (Å²) >= 11 is 0. The third kappa shape index (κ3) is 3.95. The van der Waals surface area contributed by atoms with Crippen molar-refractivity contribution in [3.63, 3.8) is 0 Å². The molecule has 0 heterocycles. The second kappa shape index (κ2) is 5.09. The summed E-state index contributed by atoms with van der Waals surface area (Å²) < 4.78 is 4.78. The van der Waals surface area contributed by atoms with Crippen LogP contribution in [0.1, 0.15) is 19.8 Å². The van der Waals surface area contributed by atoms with Crippen molar-refractivity contribution >= 4 is 5.97 Å². The van der Waals surface area contributed by atoms with E-state index in [0.29, 0.717) is 6.42 Å². The van der Waals surface area contributed by atoms with E-state index in [1.54, 1.807) is 6.92 Å². The van der Waals surface area contributed by atoms with Crippen LogP contribution < -0.4 is 0 Å². The first-order valence-corrected chi connectivity index (χ1v) is 3.54. The van der Waals surface area contributed by atoms with Gasteiger partial charge >= 0.3 is 5.97 Å². The van der Waals surface area contributed by atoms with Crippen LogP contribution in [0.3, 0.4) is 0 Å². The Morgan fingerprint density at radius 3 is 2.45 bits per heavy atom. The zero-order chi connectivity index (χ0) is 8.85. The van der Waals surface area contributed by atoms with Crippen molar-refractivity contribution in [2.75, 3.05) is 7.11 Å². The Morgan fingerprint density at radius 1 is 1.64 bits per heavy atom. The molecule has 0 spiro atoms. The fourth-order valence-corrected chi connectivity index (χ4v) is 0.811. The molecule has 0 aliphatic carbocycles. The molecule has 0 aromatic rings. The Balaban J connectivity index is 3.84. The van der Waals surface area contributed by atoms with Crippen LogP contribution in [-0.2, 0) is 9.53 Å². The lowest BCUT2D eigenvalue weighted by molar-refractivity contribution is -0.142. The van der Waals surface area contributed by atoms with Crippen LogP contribution in [0.15, 0.2) is 0 Å². The Bertz CT molecular complexity index is 124. The molecule has 2 N–H and O–H groups in total.